The van der Waals surface area contributed by atoms with E-state index in [0.29, 0.717) is 30.9 Å². The molecule has 0 bridgehead atoms. The Morgan fingerprint density at radius 2 is 1.65 bits per heavy atom. The summed E-state index contributed by atoms with van der Waals surface area (Å²) in [6.45, 7) is 1.59. The molecule has 3 fully saturated rings. The van der Waals surface area contributed by atoms with Crippen LogP contribution in [0.3, 0.4) is 0 Å². The molecule has 1 amide bonds. The first-order valence-corrected chi connectivity index (χ1v) is 10.7. The molecule has 3 heterocycles. The molecule has 2 aromatic rings. The van der Waals surface area contributed by atoms with Gasteiger partial charge in [-0.25, -0.2) is 0 Å². The Hall–Kier alpha value is -3.08. The average molecular weight is 420 g/mol. The largest absolute Gasteiger partial charge is 0.485 e. The van der Waals surface area contributed by atoms with E-state index in [1.165, 1.54) is 0 Å². The van der Waals surface area contributed by atoms with Crippen LogP contribution in [0.5, 0.6) is 11.5 Å². The number of nitriles is 1. The molecular weight excluding hydrogens is 396 g/mol. The minimum absolute atomic E-state index is 0.178. The number of carbonyl (C=O) groups excluding carboxylic acids is 1. The Labute approximate surface area is 181 Å². The van der Waals surface area contributed by atoms with Gasteiger partial charge in [-0.2, -0.15) is 5.26 Å². The highest BCUT2D eigenvalue weighted by Gasteiger charge is 2.50. The summed E-state index contributed by atoms with van der Waals surface area (Å²) < 4.78 is 24.1. The lowest BCUT2D eigenvalue weighted by molar-refractivity contribution is -0.119. The molecule has 5 rings (SSSR count). The van der Waals surface area contributed by atoms with E-state index in [-0.39, 0.29) is 30.3 Å². The van der Waals surface area contributed by atoms with Crippen molar-refractivity contribution in [3.63, 3.8) is 0 Å². The summed E-state index contributed by atoms with van der Waals surface area (Å²) >= 11 is 0. The number of benzene rings is 2. The van der Waals surface area contributed by atoms with Crippen molar-refractivity contribution in [2.24, 2.45) is 0 Å². The van der Waals surface area contributed by atoms with Crippen molar-refractivity contribution in [3.05, 3.63) is 54.1 Å². The molecule has 0 aromatic heterocycles. The lowest BCUT2D eigenvalue weighted by Crippen LogP contribution is -2.36. The topological polar surface area (TPSA) is 81.0 Å². The molecule has 0 saturated carbocycles. The maximum absolute atomic E-state index is 12.1. The second kappa shape index (κ2) is 8.58. The van der Waals surface area contributed by atoms with Crippen LogP contribution in [0.15, 0.2) is 48.5 Å². The summed E-state index contributed by atoms with van der Waals surface area (Å²) in [5.41, 5.74) is 1.46. The van der Waals surface area contributed by atoms with E-state index in [1.807, 2.05) is 35.2 Å². The van der Waals surface area contributed by atoms with Crippen molar-refractivity contribution in [2.75, 3.05) is 24.7 Å². The number of ether oxygens (including phenoxy) is 4. The van der Waals surface area contributed by atoms with Crippen molar-refractivity contribution in [3.8, 4) is 17.6 Å². The maximum Gasteiger partial charge on any atom is 0.226 e. The fourth-order valence-corrected chi connectivity index (χ4v) is 4.40. The molecule has 0 radical (unpaired) electrons. The van der Waals surface area contributed by atoms with E-state index < -0.39 is 0 Å². The molecule has 0 spiro atoms. The molecule has 3 saturated heterocycles. The van der Waals surface area contributed by atoms with E-state index in [9.17, 15) is 4.79 Å². The van der Waals surface area contributed by atoms with Gasteiger partial charge in [0.2, 0.25) is 5.91 Å². The average Bonchev–Trinajstić information content (AvgIpc) is 3.38. The zero-order valence-electron chi connectivity index (χ0n) is 17.1. The van der Waals surface area contributed by atoms with E-state index in [4.69, 9.17) is 24.2 Å². The fourth-order valence-electron chi connectivity index (χ4n) is 4.40. The molecular formula is C24H24N2O5. The van der Waals surface area contributed by atoms with E-state index in [2.05, 4.69) is 6.07 Å². The molecule has 7 nitrogen and oxygen atoms in total. The van der Waals surface area contributed by atoms with Gasteiger partial charge in [0.05, 0.1) is 24.8 Å². The molecule has 160 valence electrons. The Morgan fingerprint density at radius 3 is 2.32 bits per heavy atom. The predicted molar refractivity (Wildman–Crippen MR) is 112 cm³/mol. The summed E-state index contributed by atoms with van der Waals surface area (Å²) in [5.74, 6) is 1.53. The Morgan fingerprint density at radius 1 is 0.935 bits per heavy atom. The first kappa shape index (κ1) is 19.9. The van der Waals surface area contributed by atoms with Gasteiger partial charge in [-0.05, 0) is 55.3 Å². The number of nitrogens with zero attached hydrogens (tertiary/aromatic N) is 2. The minimum Gasteiger partial charge on any atom is -0.485 e. The van der Waals surface area contributed by atoms with Gasteiger partial charge in [0.25, 0.3) is 0 Å². The molecule has 3 aliphatic rings. The number of piperidine rings is 1. The van der Waals surface area contributed by atoms with Gasteiger partial charge in [0, 0.05) is 18.7 Å². The van der Waals surface area contributed by atoms with Crippen LogP contribution in [0.1, 0.15) is 24.8 Å². The van der Waals surface area contributed by atoms with Crippen LogP contribution in [0.25, 0.3) is 0 Å². The Balaban J connectivity index is 1.20. The number of anilines is 1. The highest BCUT2D eigenvalue weighted by molar-refractivity contribution is 5.94. The van der Waals surface area contributed by atoms with Crippen molar-refractivity contribution < 1.29 is 23.7 Å². The second-order valence-corrected chi connectivity index (χ2v) is 8.04. The van der Waals surface area contributed by atoms with Gasteiger partial charge < -0.3 is 23.8 Å². The van der Waals surface area contributed by atoms with Gasteiger partial charge in [-0.3, -0.25) is 4.79 Å². The number of hydrogen-bond donors (Lipinski definition) is 0. The molecule has 0 N–H and O–H groups in total. The Kier molecular flexibility index (Phi) is 5.49. The van der Waals surface area contributed by atoms with Crippen LogP contribution in [0.2, 0.25) is 0 Å². The molecule has 3 aliphatic heterocycles. The van der Waals surface area contributed by atoms with Gasteiger partial charge in [-0.1, -0.05) is 6.07 Å². The lowest BCUT2D eigenvalue weighted by Gasteiger charge is -2.27. The van der Waals surface area contributed by atoms with Gasteiger partial charge in [0.15, 0.2) is 12.2 Å². The van der Waals surface area contributed by atoms with Crippen molar-refractivity contribution in [1.29, 1.82) is 5.26 Å². The summed E-state index contributed by atoms with van der Waals surface area (Å²) in [5, 5.41) is 9.06. The minimum atomic E-state index is -0.250. The molecule has 7 heteroatoms. The lowest BCUT2D eigenvalue weighted by atomic mass is 10.1. The van der Waals surface area contributed by atoms with Crippen LogP contribution in [0, 0.1) is 11.3 Å². The number of carbonyl (C=O) groups is 1. The van der Waals surface area contributed by atoms with Crippen LogP contribution >= 0.6 is 0 Å². The third kappa shape index (κ3) is 4.09. The number of fused-ring (bicyclic) bond motifs is 1. The zero-order chi connectivity index (χ0) is 21.2. The first-order valence-electron chi connectivity index (χ1n) is 10.7. The molecule has 31 heavy (non-hydrogen) atoms. The van der Waals surface area contributed by atoms with Crippen molar-refractivity contribution >= 4 is 11.6 Å². The first-order chi connectivity index (χ1) is 15.2. The summed E-state index contributed by atoms with van der Waals surface area (Å²) in [6.07, 6.45) is 1.70. The van der Waals surface area contributed by atoms with Crippen molar-refractivity contribution in [2.45, 2.75) is 43.7 Å². The third-order valence-corrected chi connectivity index (χ3v) is 5.97. The molecule has 0 unspecified atom stereocenters. The standard InChI is InChI=1S/C24H24N2O5/c25-13-16-4-3-5-19(12-16)31-21-15-29-23-20(14-28-24(21)23)30-18-9-7-17(8-10-18)26-11-2-1-6-22(26)27/h3-5,7-10,12,20-21,23-24H,1-2,6,11,14-15H2/t20-,21+,23-,24-/m1/s1. The third-order valence-electron chi connectivity index (χ3n) is 5.97. The highest BCUT2D eigenvalue weighted by atomic mass is 16.6. The maximum atomic E-state index is 12.1. The Bertz CT molecular complexity index is 986. The highest BCUT2D eigenvalue weighted by Crippen LogP contribution is 2.33. The zero-order valence-corrected chi connectivity index (χ0v) is 17.1. The molecule has 0 aliphatic carbocycles. The molecule has 2 aromatic carbocycles. The van der Waals surface area contributed by atoms with E-state index >= 15 is 0 Å². The van der Waals surface area contributed by atoms with Crippen LogP contribution < -0.4 is 14.4 Å². The van der Waals surface area contributed by atoms with Gasteiger partial charge in [-0.15, -0.1) is 0 Å². The van der Waals surface area contributed by atoms with Crippen LogP contribution in [-0.4, -0.2) is 50.1 Å². The SMILES string of the molecule is N#Cc1cccc(O[C@H]2CO[C@H]3[C@@H]2OC[C@H]3Oc2ccc(N3CCCCC3=O)cc2)c1. The predicted octanol–water partition coefficient (Wildman–Crippen LogP) is 3.07. The molecule has 4 atom stereocenters. The van der Waals surface area contributed by atoms with E-state index in [0.717, 1.165) is 30.8 Å². The second-order valence-electron chi connectivity index (χ2n) is 8.04. The fraction of sp³-hybridized carbons (Fsp3) is 0.417. The van der Waals surface area contributed by atoms with Crippen LogP contribution in [-0.2, 0) is 14.3 Å². The summed E-state index contributed by atoms with van der Waals surface area (Å²) in [4.78, 5) is 14.0. The normalized spacial score (nSPS) is 27.6. The summed E-state index contributed by atoms with van der Waals surface area (Å²) in [6, 6.07) is 16.8. The quantitative estimate of drug-likeness (QED) is 0.740. The van der Waals surface area contributed by atoms with E-state index in [1.54, 1.807) is 18.2 Å². The monoisotopic (exact) mass is 420 g/mol. The number of amides is 1. The van der Waals surface area contributed by atoms with Gasteiger partial charge in [0.1, 0.15) is 23.7 Å². The number of hydrogen-bond acceptors (Lipinski definition) is 6. The van der Waals surface area contributed by atoms with Crippen molar-refractivity contribution in [1.82, 2.24) is 0 Å². The summed E-state index contributed by atoms with van der Waals surface area (Å²) in [7, 11) is 0. The van der Waals surface area contributed by atoms with Crippen LogP contribution in [0.4, 0.5) is 5.69 Å². The van der Waals surface area contributed by atoms with Gasteiger partial charge >= 0.3 is 0 Å². The smallest absolute Gasteiger partial charge is 0.226 e. The number of rotatable bonds is 5.